The Kier molecular flexibility index (Phi) is 5.31. The van der Waals surface area contributed by atoms with E-state index in [0.717, 1.165) is 34.2 Å². The normalized spacial score (nSPS) is 25.0. The molecule has 2 fully saturated rings. The first-order chi connectivity index (χ1) is 9.13. The molecule has 2 heterocycles. The highest BCUT2D eigenvalue weighted by Gasteiger charge is 2.31. The van der Waals surface area contributed by atoms with Gasteiger partial charge in [-0.15, -0.1) is 12.4 Å². The highest BCUT2D eigenvalue weighted by Crippen LogP contribution is 2.23. The number of nitrogens with one attached hydrogen (secondary N) is 1. The van der Waals surface area contributed by atoms with E-state index in [-0.39, 0.29) is 18.3 Å². The molecule has 0 saturated carbocycles. The Morgan fingerprint density at radius 2 is 2.05 bits per heavy atom. The molecule has 1 N–H and O–H groups in total. The molecule has 2 atom stereocenters. The number of carbonyl (C=O) groups is 1. The molecule has 20 heavy (non-hydrogen) atoms. The summed E-state index contributed by atoms with van der Waals surface area (Å²) in [7, 11) is 0. The standard InChI is InChI=1S/C15H19IN2O.ClH/c1-10-2-5-14(16)13(8-10)15(19)18-7-6-11-3-4-12(9-18)17-11;/h2,5,8,11-12,17H,3-4,6-7,9H2,1H3;1H. The van der Waals surface area contributed by atoms with E-state index in [1.165, 1.54) is 12.8 Å². The van der Waals surface area contributed by atoms with Gasteiger partial charge in [0.15, 0.2) is 0 Å². The molecule has 1 amide bonds. The Morgan fingerprint density at radius 1 is 1.30 bits per heavy atom. The molecular formula is C15H20ClIN2O. The molecule has 0 spiro atoms. The Hall–Kier alpha value is -0.330. The average Bonchev–Trinajstić information content (AvgIpc) is 2.71. The second-order valence-corrected chi connectivity index (χ2v) is 6.82. The summed E-state index contributed by atoms with van der Waals surface area (Å²) in [5, 5.41) is 3.62. The third-order valence-electron chi connectivity index (χ3n) is 4.16. The van der Waals surface area contributed by atoms with Crippen LogP contribution in [-0.4, -0.2) is 36.0 Å². The molecule has 1 aromatic carbocycles. The summed E-state index contributed by atoms with van der Waals surface area (Å²) in [5.41, 5.74) is 2.01. The maximum atomic E-state index is 12.7. The van der Waals surface area contributed by atoms with Crippen molar-refractivity contribution in [2.24, 2.45) is 0 Å². The number of benzene rings is 1. The summed E-state index contributed by atoms with van der Waals surface area (Å²) in [5.74, 6) is 0.197. The molecule has 2 unspecified atom stereocenters. The molecule has 2 aliphatic heterocycles. The van der Waals surface area contributed by atoms with Crippen LogP contribution in [0, 0.1) is 10.5 Å². The molecule has 0 radical (unpaired) electrons. The fraction of sp³-hybridized carbons (Fsp3) is 0.533. The number of amides is 1. The fourth-order valence-electron chi connectivity index (χ4n) is 3.10. The van der Waals surface area contributed by atoms with Gasteiger partial charge in [0.2, 0.25) is 0 Å². The number of carbonyl (C=O) groups excluding carboxylic acids is 1. The van der Waals surface area contributed by atoms with Crippen molar-refractivity contribution in [3.05, 3.63) is 32.9 Å². The first-order valence-corrected chi connectivity index (χ1v) is 8.03. The van der Waals surface area contributed by atoms with E-state index in [9.17, 15) is 4.79 Å². The van der Waals surface area contributed by atoms with Gasteiger partial charge in [0, 0.05) is 28.7 Å². The van der Waals surface area contributed by atoms with Crippen LogP contribution in [0.4, 0.5) is 0 Å². The van der Waals surface area contributed by atoms with Gasteiger partial charge in [-0.3, -0.25) is 4.79 Å². The molecule has 5 heteroatoms. The summed E-state index contributed by atoms with van der Waals surface area (Å²) in [4.78, 5) is 14.7. The zero-order valence-electron chi connectivity index (χ0n) is 11.6. The largest absolute Gasteiger partial charge is 0.337 e. The number of likely N-dealkylation sites (tertiary alicyclic amines) is 1. The fourth-order valence-corrected chi connectivity index (χ4v) is 3.67. The van der Waals surface area contributed by atoms with Crippen molar-refractivity contribution in [3.8, 4) is 0 Å². The number of halogens is 2. The number of fused-ring (bicyclic) bond motifs is 2. The van der Waals surface area contributed by atoms with Crippen LogP contribution in [0.5, 0.6) is 0 Å². The van der Waals surface area contributed by atoms with Gasteiger partial charge in [0.05, 0.1) is 5.56 Å². The Morgan fingerprint density at radius 3 is 2.85 bits per heavy atom. The first kappa shape index (κ1) is 16.0. The lowest BCUT2D eigenvalue weighted by atomic mass is 10.1. The molecule has 0 aromatic heterocycles. The Bertz CT molecular complexity index is 509. The minimum Gasteiger partial charge on any atom is -0.337 e. The van der Waals surface area contributed by atoms with Crippen molar-refractivity contribution in [2.75, 3.05) is 13.1 Å². The molecule has 3 nitrogen and oxygen atoms in total. The monoisotopic (exact) mass is 406 g/mol. The summed E-state index contributed by atoms with van der Waals surface area (Å²) < 4.78 is 1.05. The van der Waals surface area contributed by atoms with Crippen molar-refractivity contribution in [1.82, 2.24) is 10.2 Å². The van der Waals surface area contributed by atoms with E-state index < -0.39 is 0 Å². The molecule has 110 valence electrons. The highest BCUT2D eigenvalue weighted by molar-refractivity contribution is 14.1. The van der Waals surface area contributed by atoms with Crippen LogP contribution in [-0.2, 0) is 0 Å². The topological polar surface area (TPSA) is 32.3 Å². The van der Waals surface area contributed by atoms with Gasteiger partial charge in [-0.05, 0) is 60.9 Å². The van der Waals surface area contributed by atoms with Crippen molar-refractivity contribution in [3.63, 3.8) is 0 Å². The van der Waals surface area contributed by atoms with Crippen LogP contribution in [0.2, 0.25) is 0 Å². The predicted molar refractivity (Wildman–Crippen MR) is 91.6 cm³/mol. The van der Waals surface area contributed by atoms with E-state index in [0.29, 0.717) is 12.1 Å². The van der Waals surface area contributed by atoms with Gasteiger partial charge >= 0.3 is 0 Å². The molecule has 2 aliphatic rings. The maximum Gasteiger partial charge on any atom is 0.254 e. The predicted octanol–water partition coefficient (Wildman–Crippen LogP) is 2.99. The quantitative estimate of drug-likeness (QED) is 0.727. The van der Waals surface area contributed by atoms with Crippen LogP contribution in [0.3, 0.4) is 0 Å². The highest BCUT2D eigenvalue weighted by atomic mass is 127. The molecule has 1 aromatic rings. The lowest BCUT2D eigenvalue weighted by Gasteiger charge is -2.25. The van der Waals surface area contributed by atoms with Crippen molar-refractivity contribution >= 4 is 40.9 Å². The number of hydrogen-bond acceptors (Lipinski definition) is 2. The minimum atomic E-state index is 0. The SMILES string of the molecule is Cc1ccc(I)c(C(=O)N2CCC3CCC(C2)N3)c1.Cl. The molecule has 2 saturated heterocycles. The van der Waals surface area contributed by atoms with E-state index >= 15 is 0 Å². The smallest absolute Gasteiger partial charge is 0.254 e. The lowest BCUT2D eigenvalue weighted by Crippen LogP contribution is -2.39. The van der Waals surface area contributed by atoms with E-state index in [4.69, 9.17) is 0 Å². The second kappa shape index (κ2) is 6.62. The summed E-state index contributed by atoms with van der Waals surface area (Å²) in [6.45, 7) is 3.79. The summed E-state index contributed by atoms with van der Waals surface area (Å²) in [6.07, 6.45) is 3.57. The zero-order chi connectivity index (χ0) is 13.4. The third kappa shape index (κ3) is 3.28. The van der Waals surface area contributed by atoms with Gasteiger partial charge in [-0.25, -0.2) is 0 Å². The number of rotatable bonds is 1. The number of hydrogen-bond donors (Lipinski definition) is 1. The van der Waals surface area contributed by atoms with Gasteiger partial charge < -0.3 is 10.2 Å². The van der Waals surface area contributed by atoms with Crippen LogP contribution in [0.15, 0.2) is 18.2 Å². The van der Waals surface area contributed by atoms with Gasteiger partial charge in [0.25, 0.3) is 5.91 Å². The van der Waals surface area contributed by atoms with Crippen molar-refractivity contribution in [2.45, 2.75) is 38.3 Å². The van der Waals surface area contributed by atoms with Crippen LogP contribution < -0.4 is 5.32 Å². The van der Waals surface area contributed by atoms with Crippen LogP contribution in [0.1, 0.15) is 35.2 Å². The Balaban J connectivity index is 0.00000147. The number of aryl methyl sites for hydroxylation is 1. The van der Waals surface area contributed by atoms with E-state index in [2.05, 4.69) is 34.0 Å². The lowest BCUT2D eigenvalue weighted by molar-refractivity contribution is 0.0747. The minimum absolute atomic E-state index is 0. The Labute approximate surface area is 140 Å². The molecular weight excluding hydrogens is 387 g/mol. The van der Waals surface area contributed by atoms with Gasteiger partial charge in [-0.2, -0.15) is 0 Å². The zero-order valence-corrected chi connectivity index (χ0v) is 14.5. The third-order valence-corrected chi connectivity index (χ3v) is 5.10. The van der Waals surface area contributed by atoms with E-state index in [1.54, 1.807) is 0 Å². The van der Waals surface area contributed by atoms with Gasteiger partial charge in [-0.1, -0.05) is 11.6 Å². The summed E-state index contributed by atoms with van der Waals surface area (Å²) >= 11 is 2.26. The van der Waals surface area contributed by atoms with Crippen molar-refractivity contribution < 1.29 is 4.79 Å². The second-order valence-electron chi connectivity index (χ2n) is 5.66. The van der Waals surface area contributed by atoms with Crippen LogP contribution >= 0.6 is 35.0 Å². The summed E-state index contributed by atoms with van der Waals surface area (Å²) in [6, 6.07) is 7.23. The molecule has 3 rings (SSSR count). The van der Waals surface area contributed by atoms with E-state index in [1.807, 2.05) is 24.0 Å². The van der Waals surface area contributed by atoms with Crippen molar-refractivity contribution in [1.29, 1.82) is 0 Å². The molecule has 2 bridgehead atoms. The van der Waals surface area contributed by atoms with Crippen LogP contribution in [0.25, 0.3) is 0 Å². The molecule has 0 aliphatic carbocycles. The average molecular weight is 407 g/mol. The van der Waals surface area contributed by atoms with Gasteiger partial charge in [0.1, 0.15) is 0 Å². The maximum absolute atomic E-state index is 12.7. The first-order valence-electron chi connectivity index (χ1n) is 6.95. The number of nitrogens with zero attached hydrogens (tertiary/aromatic N) is 1.